The largest absolute Gasteiger partial charge is 0.342 e. The van der Waals surface area contributed by atoms with E-state index in [2.05, 4.69) is 17.1 Å². The summed E-state index contributed by atoms with van der Waals surface area (Å²) >= 11 is 0. The van der Waals surface area contributed by atoms with Crippen LogP contribution in [0.3, 0.4) is 0 Å². The molecule has 0 spiro atoms. The number of rotatable bonds is 7. The molecular formula is C11H25N3O. The van der Waals surface area contributed by atoms with Crippen LogP contribution >= 0.6 is 0 Å². The van der Waals surface area contributed by atoms with Crippen LogP contribution in [0.1, 0.15) is 20.8 Å². The molecule has 0 saturated carbocycles. The molecule has 4 heteroatoms. The molecule has 15 heavy (non-hydrogen) atoms. The summed E-state index contributed by atoms with van der Waals surface area (Å²) in [5, 5.41) is 3.18. The first-order valence-corrected chi connectivity index (χ1v) is 5.67. The van der Waals surface area contributed by atoms with Gasteiger partial charge in [0.1, 0.15) is 0 Å². The van der Waals surface area contributed by atoms with Crippen molar-refractivity contribution in [1.82, 2.24) is 15.1 Å². The van der Waals surface area contributed by atoms with Gasteiger partial charge < -0.3 is 15.1 Å². The zero-order valence-corrected chi connectivity index (χ0v) is 10.7. The van der Waals surface area contributed by atoms with Crippen LogP contribution in [0.4, 0.5) is 0 Å². The molecule has 1 N–H and O–H groups in total. The van der Waals surface area contributed by atoms with Crippen LogP contribution < -0.4 is 5.32 Å². The van der Waals surface area contributed by atoms with Crippen LogP contribution in [0.2, 0.25) is 0 Å². The lowest BCUT2D eigenvalue weighted by Crippen LogP contribution is -2.42. The quantitative estimate of drug-likeness (QED) is 0.667. The maximum atomic E-state index is 11.6. The average molecular weight is 215 g/mol. The van der Waals surface area contributed by atoms with Crippen LogP contribution in [-0.2, 0) is 4.79 Å². The molecule has 90 valence electrons. The Balaban J connectivity index is 3.71. The van der Waals surface area contributed by atoms with Gasteiger partial charge in [-0.3, -0.25) is 4.79 Å². The topological polar surface area (TPSA) is 35.6 Å². The Kier molecular flexibility index (Phi) is 7.34. The fourth-order valence-corrected chi connectivity index (χ4v) is 1.26. The van der Waals surface area contributed by atoms with E-state index in [1.807, 2.05) is 32.8 Å². The standard InChI is InChI=1S/C11H25N3O/c1-6-14(7-2)11(15)9-12-8-10(3)13(4)5/h10,12H,6-9H2,1-5H3. The minimum atomic E-state index is 0.186. The number of carbonyl (C=O) groups excluding carboxylic acids is 1. The van der Waals surface area contributed by atoms with Gasteiger partial charge in [-0.15, -0.1) is 0 Å². The van der Waals surface area contributed by atoms with Crippen molar-refractivity contribution in [2.45, 2.75) is 26.8 Å². The van der Waals surface area contributed by atoms with Crippen molar-refractivity contribution in [3.05, 3.63) is 0 Å². The highest BCUT2D eigenvalue weighted by molar-refractivity contribution is 5.78. The predicted octanol–water partition coefficient (Wildman–Crippen LogP) is 0.395. The van der Waals surface area contributed by atoms with E-state index in [0.717, 1.165) is 19.6 Å². The minimum absolute atomic E-state index is 0.186. The molecule has 1 amide bonds. The monoisotopic (exact) mass is 215 g/mol. The Morgan fingerprint density at radius 1 is 1.27 bits per heavy atom. The SMILES string of the molecule is CCN(CC)C(=O)CNCC(C)N(C)C. The molecule has 0 aromatic heterocycles. The van der Waals surface area contributed by atoms with E-state index < -0.39 is 0 Å². The number of carbonyl (C=O) groups is 1. The fourth-order valence-electron chi connectivity index (χ4n) is 1.26. The lowest BCUT2D eigenvalue weighted by Gasteiger charge is -2.22. The van der Waals surface area contributed by atoms with Crippen molar-refractivity contribution < 1.29 is 4.79 Å². The molecule has 0 aromatic rings. The maximum absolute atomic E-state index is 11.6. The van der Waals surface area contributed by atoms with Crippen molar-refractivity contribution in [1.29, 1.82) is 0 Å². The molecular weight excluding hydrogens is 190 g/mol. The molecule has 0 aliphatic carbocycles. The van der Waals surface area contributed by atoms with Crippen molar-refractivity contribution in [2.75, 3.05) is 40.3 Å². The summed E-state index contributed by atoms with van der Waals surface area (Å²) < 4.78 is 0. The second kappa shape index (κ2) is 7.65. The van der Waals surface area contributed by atoms with Crippen LogP contribution in [0.15, 0.2) is 0 Å². The summed E-state index contributed by atoms with van der Waals surface area (Å²) in [7, 11) is 4.08. The molecule has 1 atom stereocenters. The maximum Gasteiger partial charge on any atom is 0.236 e. The highest BCUT2D eigenvalue weighted by atomic mass is 16.2. The van der Waals surface area contributed by atoms with Gasteiger partial charge in [0.25, 0.3) is 0 Å². The summed E-state index contributed by atoms with van der Waals surface area (Å²) in [6.07, 6.45) is 0. The second-order valence-electron chi connectivity index (χ2n) is 4.01. The van der Waals surface area contributed by atoms with Gasteiger partial charge in [0, 0.05) is 25.7 Å². The summed E-state index contributed by atoms with van der Waals surface area (Å²) in [5.74, 6) is 0.186. The molecule has 0 aromatic carbocycles. The van der Waals surface area contributed by atoms with Gasteiger partial charge in [0.05, 0.1) is 6.54 Å². The summed E-state index contributed by atoms with van der Waals surface area (Å²) in [6.45, 7) is 9.02. The molecule has 0 rings (SSSR count). The van der Waals surface area contributed by atoms with Gasteiger partial charge in [-0.05, 0) is 34.9 Å². The van der Waals surface area contributed by atoms with Crippen LogP contribution in [0.25, 0.3) is 0 Å². The predicted molar refractivity (Wildman–Crippen MR) is 63.9 cm³/mol. The Bertz CT molecular complexity index is 179. The Morgan fingerprint density at radius 2 is 1.80 bits per heavy atom. The molecule has 0 aliphatic rings. The number of likely N-dealkylation sites (N-methyl/N-ethyl adjacent to an activating group) is 2. The first kappa shape index (κ1) is 14.4. The molecule has 0 saturated heterocycles. The van der Waals surface area contributed by atoms with Gasteiger partial charge in [-0.25, -0.2) is 0 Å². The Morgan fingerprint density at radius 3 is 2.20 bits per heavy atom. The third kappa shape index (κ3) is 5.74. The average Bonchev–Trinajstić information content (AvgIpc) is 2.19. The fraction of sp³-hybridized carbons (Fsp3) is 0.909. The minimum Gasteiger partial charge on any atom is -0.342 e. The van der Waals surface area contributed by atoms with E-state index in [-0.39, 0.29) is 5.91 Å². The summed E-state index contributed by atoms with van der Waals surface area (Å²) in [5.41, 5.74) is 0. The lowest BCUT2D eigenvalue weighted by atomic mass is 10.3. The number of hydrogen-bond donors (Lipinski definition) is 1. The highest BCUT2D eigenvalue weighted by Gasteiger charge is 2.09. The van der Waals surface area contributed by atoms with Crippen molar-refractivity contribution in [2.24, 2.45) is 0 Å². The zero-order chi connectivity index (χ0) is 11.8. The third-order valence-corrected chi connectivity index (χ3v) is 2.71. The van der Waals surface area contributed by atoms with Crippen LogP contribution in [0.5, 0.6) is 0 Å². The van der Waals surface area contributed by atoms with Gasteiger partial charge in [0.15, 0.2) is 0 Å². The molecule has 4 nitrogen and oxygen atoms in total. The van der Waals surface area contributed by atoms with Gasteiger partial charge in [-0.1, -0.05) is 0 Å². The van der Waals surface area contributed by atoms with Crippen molar-refractivity contribution >= 4 is 5.91 Å². The van der Waals surface area contributed by atoms with Crippen LogP contribution in [0, 0.1) is 0 Å². The zero-order valence-electron chi connectivity index (χ0n) is 10.7. The highest BCUT2D eigenvalue weighted by Crippen LogP contribution is 1.90. The molecule has 0 bridgehead atoms. The van der Waals surface area contributed by atoms with Gasteiger partial charge in [-0.2, -0.15) is 0 Å². The van der Waals surface area contributed by atoms with E-state index in [4.69, 9.17) is 0 Å². The van der Waals surface area contributed by atoms with Crippen LogP contribution in [-0.4, -0.2) is 62.0 Å². The van der Waals surface area contributed by atoms with E-state index in [1.165, 1.54) is 0 Å². The summed E-state index contributed by atoms with van der Waals surface area (Å²) in [4.78, 5) is 15.6. The van der Waals surface area contributed by atoms with Crippen molar-refractivity contribution in [3.63, 3.8) is 0 Å². The second-order valence-corrected chi connectivity index (χ2v) is 4.01. The number of amides is 1. The number of hydrogen-bond acceptors (Lipinski definition) is 3. The van der Waals surface area contributed by atoms with E-state index in [0.29, 0.717) is 12.6 Å². The number of nitrogens with one attached hydrogen (secondary N) is 1. The molecule has 0 fully saturated rings. The molecule has 1 unspecified atom stereocenters. The van der Waals surface area contributed by atoms with Gasteiger partial charge >= 0.3 is 0 Å². The first-order chi connectivity index (χ1) is 7.02. The van der Waals surface area contributed by atoms with Gasteiger partial charge in [0.2, 0.25) is 5.91 Å². The number of nitrogens with zero attached hydrogens (tertiary/aromatic N) is 2. The van der Waals surface area contributed by atoms with E-state index >= 15 is 0 Å². The molecule has 0 radical (unpaired) electrons. The van der Waals surface area contributed by atoms with E-state index in [1.54, 1.807) is 0 Å². The Hall–Kier alpha value is -0.610. The third-order valence-electron chi connectivity index (χ3n) is 2.71. The van der Waals surface area contributed by atoms with E-state index in [9.17, 15) is 4.79 Å². The molecule has 0 heterocycles. The first-order valence-electron chi connectivity index (χ1n) is 5.67. The Labute approximate surface area is 93.6 Å². The molecule has 0 aliphatic heterocycles. The normalized spacial score (nSPS) is 12.9. The van der Waals surface area contributed by atoms with Crippen molar-refractivity contribution in [3.8, 4) is 0 Å². The lowest BCUT2D eigenvalue weighted by molar-refractivity contribution is -0.129. The smallest absolute Gasteiger partial charge is 0.236 e. The summed E-state index contributed by atoms with van der Waals surface area (Å²) in [6, 6.07) is 0.453.